The lowest BCUT2D eigenvalue weighted by atomic mass is 10.1. The van der Waals surface area contributed by atoms with Crippen LogP contribution in [-0.2, 0) is 4.79 Å². The molecular formula is C11H17N3O. The zero-order chi connectivity index (χ0) is 10.7. The molecule has 2 unspecified atom stereocenters. The van der Waals surface area contributed by atoms with E-state index in [1.54, 1.807) is 0 Å². The summed E-state index contributed by atoms with van der Waals surface area (Å²) in [5.74, 6) is 0.106. The Morgan fingerprint density at radius 1 is 1.33 bits per heavy atom. The third-order valence-corrected chi connectivity index (χ3v) is 3.39. The molecular weight excluding hydrogens is 190 g/mol. The van der Waals surface area contributed by atoms with Gasteiger partial charge >= 0.3 is 0 Å². The van der Waals surface area contributed by atoms with Gasteiger partial charge < -0.3 is 10.6 Å². The van der Waals surface area contributed by atoms with Crippen molar-refractivity contribution < 1.29 is 4.79 Å². The van der Waals surface area contributed by atoms with Crippen LogP contribution in [0.4, 0.5) is 0 Å². The smallest absolute Gasteiger partial charge is 0.237 e. The number of hydrogen-bond donors (Lipinski definition) is 2. The van der Waals surface area contributed by atoms with Crippen molar-refractivity contribution in [1.29, 1.82) is 5.26 Å². The van der Waals surface area contributed by atoms with E-state index in [1.165, 1.54) is 0 Å². The van der Waals surface area contributed by atoms with Crippen molar-refractivity contribution in [3.05, 3.63) is 0 Å². The standard InChI is InChI=1S/C11H17N3O/c12-7-8-3-1-4-9(8)14-11(15)10-5-2-6-13-10/h8-10,13H,1-6H2,(H,14,15)/t8?,9?,10-/m1/s1. The fourth-order valence-electron chi connectivity index (χ4n) is 2.48. The Balaban J connectivity index is 1.85. The average molecular weight is 207 g/mol. The first-order valence-corrected chi connectivity index (χ1v) is 5.74. The summed E-state index contributed by atoms with van der Waals surface area (Å²) in [4.78, 5) is 11.8. The van der Waals surface area contributed by atoms with Gasteiger partial charge in [-0.15, -0.1) is 0 Å². The number of carbonyl (C=O) groups excluding carboxylic acids is 1. The highest BCUT2D eigenvalue weighted by Gasteiger charge is 2.31. The first-order valence-electron chi connectivity index (χ1n) is 5.74. The van der Waals surface area contributed by atoms with Gasteiger partial charge in [-0.2, -0.15) is 5.26 Å². The molecule has 0 radical (unpaired) electrons. The summed E-state index contributed by atoms with van der Waals surface area (Å²) in [6.45, 7) is 0.935. The second-order valence-corrected chi connectivity index (χ2v) is 4.43. The molecule has 1 aliphatic heterocycles. The zero-order valence-electron chi connectivity index (χ0n) is 8.83. The lowest BCUT2D eigenvalue weighted by molar-refractivity contribution is -0.123. The lowest BCUT2D eigenvalue weighted by Crippen LogP contribution is -2.46. The maximum absolute atomic E-state index is 11.8. The normalized spacial score (nSPS) is 35.0. The number of carbonyl (C=O) groups is 1. The number of hydrogen-bond acceptors (Lipinski definition) is 3. The van der Waals surface area contributed by atoms with Crippen LogP contribution in [0.3, 0.4) is 0 Å². The van der Waals surface area contributed by atoms with Gasteiger partial charge in [0.05, 0.1) is 18.0 Å². The highest BCUT2D eigenvalue weighted by molar-refractivity contribution is 5.82. The van der Waals surface area contributed by atoms with E-state index in [4.69, 9.17) is 5.26 Å². The summed E-state index contributed by atoms with van der Waals surface area (Å²) in [7, 11) is 0. The molecule has 82 valence electrons. The summed E-state index contributed by atoms with van der Waals surface area (Å²) in [6.07, 6.45) is 4.94. The van der Waals surface area contributed by atoms with Crippen molar-refractivity contribution in [2.75, 3.05) is 6.54 Å². The van der Waals surface area contributed by atoms with Gasteiger partial charge in [0.25, 0.3) is 0 Å². The number of nitrogens with one attached hydrogen (secondary N) is 2. The van der Waals surface area contributed by atoms with Crippen LogP contribution in [0.15, 0.2) is 0 Å². The molecule has 2 rings (SSSR count). The van der Waals surface area contributed by atoms with Gasteiger partial charge in [0.15, 0.2) is 0 Å². The summed E-state index contributed by atoms with van der Waals surface area (Å²) in [5.41, 5.74) is 0. The minimum atomic E-state index is -0.0232. The Labute approximate surface area is 90.0 Å². The molecule has 4 heteroatoms. The highest BCUT2D eigenvalue weighted by atomic mass is 16.2. The zero-order valence-corrected chi connectivity index (χ0v) is 8.83. The van der Waals surface area contributed by atoms with Crippen molar-refractivity contribution in [3.63, 3.8) is 0 Å². The maximum atomic E-state index is 11.8. The van der Waals surface area contributed by atoms with Crippen LogP contribution in [0.1, 0.15) is 32.1 Å². The number of nitrogens with zero attached hydrogens (tertiary/aromatic N) is 1. The second-order valence-electron chi connectivity index (χ2n) is 4.43. The van der Waals surface area contributed by atoms with Gasteiger partial charge in [-0.25, -0.2) is 0 Å². The van der Waals surface area contributed by atoms with E-state index in [0.717, 1.165) is 38.6 Å². The molecule has 2 aliphatic rings. The summed E-state index contributed by atoms with van der Waals surface area (Å²) < 4.78 is 0. The molecule has 15 heavy (non-hydrogen) atoms. The molecule has 0 aromatic heterocycles. The minimum Gasteiger partial charge on any atom is -0.351 e. The van der Waals surface area contributed by atoms with Crippen LogP contribution in [0.25, 0.3) is 0 Å². The fraction of sp³-hybridized carbons (Fsp3) is 0.818. The quantitative estimate of drug-likeness (QED) is 0.695. The van der Waals surface area contributed by atoms with Crippen molar-refractivity contribution >= 4 is 5.91 Å². The molecule has 0 bridgehead atoms. The molecule has 2 fully saturated rings. The maximum Gasteiger partial charge on any atom is 0.237 e. The molecule has 1 saturated carbocycles. The molecule has 0 spiro atoms. The van der Waals surface area contributed by atoms with Crippen LogP contribution < -0.4 is 10.6 Å². The van der Waals surface area contributed by atoms with Gasteiger partial charge in [-0.3, -0.25) is 4.79 Å². The SMILES string of the molecule is N#CC1CCCC1NC(=O)[C@H]1CCCN1. The first kappa shape index (κ1) is 10.4. The predicted octanol–water partition coefficient (Wildman–Crippen LogP) is 0.547. The Morgan fingerprint density at radius 2 is 2.20 bits per heavy atom. The highest BCUT2D eigenvalue weighted by Crippen LogP contribution is 2.25. The monoisotopic (exact) mass is 207 g/mol. The summed E-state index contributed by atoms with van der Waals surface area (Å²) in [5, 5.41) is 15.1. The molecule has 1 amide bonds. The molecule has 1 aliphatic carbocycles. The van der Waals surface area contributed by atoms with E-state index in [9.17, 15) is 4.79 Å². The van der Waals surface area contributed by atoms with Crippen LogP contribution in [0, 0.1) is 17.2 Å². The number of rotatable bonds is 2. The van der Waals surface area contributed by atoms with Crippen molar-refractivity contribution in [3.8, 4) is 6.07 Å². The van der Waals surface area contributed by atoms with Gasteiger partial charge in [0.2, 0.25) is 5.91 Å². The Hall–Kier alpha value is -1.08. The van der Waals surface area contributed by atoms with Crippen molar-refractivity contribution in [2.45, 2.75) is 44.2 Å². The molecule has 2 N–H and O–H groups in total. The molecule has 0 aromatic rings. The number of nitriles is 1. The Kier molecular flexibility index (Phi) is 3.22. The van der Waals surface area contributed by atoms with E-state index in [0.29, 0.717) is 0 Å². The summed E-state index contributed by atoms with van der Waals surface area (Å²) in [6, 6.07) is 2.34. The van der Waals surface area contributed by atoms with Gasteiger partial charge in [0.1, 0.15) is 0 Å². The topological polar surface area (TPSA) is 64.9 Å². The van der Waals surface area contributed by atoms with Crippen LogP contribution in [0.5, 0.6) is 0 Å². The minimum absolute atomic E-state index is 0.0232. The van der Waals surface area contributed by atoms with E-state index in [1.807, 2.05) is 0 Å². The van der Waals surface area contributed by atoms with Crippen molar-refractivity contribution in [2.24, 2.45) is 5.92 Å². The molecule has 0 aromatic carbocycles. The fourth-order valence-corrected chi connectivity index (χ4v) is 2.48. The second kappa shape index (κ2) is 4.63. The molecule has 4 nitrogen and oxygen atoms in total. The Morgan fingerprint density at radius 3 is 2.87 bits per heavy atom. The van der Waals surface area contributed by atoms with Crippen LogP contribution in [-0.4, -0.2) is 24.5 Å². The third-order valence-electron chi connectivity index (χ3n) is 3.39. The van der Waals surface area contributed by atoms with Crippen molar-refractivity contribution in [1.82, 2.24) is 10.6 Å². The van der Waals surface area contributed by atoms with Gasteiger partial charge in [-0.05, 0) is 38.6 Å². The molecule has 1 saturated heterocycles. The Bertz CT molecular complexity index is 278. The third kappa shape index (κ3) is 2.29. The van der Waals surface area contributed by atoms with Gasteiger partial charge in [0, 0.05) is 6.04 Å². The van der Waals surface area contributed by atoms with Crippen LogP contribution >= 0.6 is 0 Å². The predicted molar refractivity (Wildman–Crippen MR) is 55.9 cm³/mol. The van der Waals surface area contributed by atoms with E-state index in [-0.39, 0.29) is 23.9 Å². The number of amides is 1. The first-order chi connectivity index (χ1) is 7.31. The van der Waals surface area contributed by atoms with E-state index >= 15 is 0 Å². The van der Waals surface area contributed by atoms with E-state index < -0.39 is 0 Å². The van der Waals surface area contributed by atoms with E-state index in [2.05, 4.69) is 16.7 Å². The van der Waals surface area contributed by atoms with Crippen LogP contribution in [0.2, 0.25) is 0 Å². The lowest BCUT2D eigenvalue weighted by Gasteiger charge is -2.18. The molecule has 1 heterocycles. The summed E-state index contributed by atoms with van der Waals surface area (Å²) >= 11 is 0. The average Bonchev–Trinajstić information content (AvgIpc) is 2.87. The molecule has 3 atom stereocenters. The largest absolute Gasteiger partial charge is 0.351 e. The van der Waals surface area contributed by atoms with Gasteiger partial charge in [-0.1, -0.05) is 0 Å².